The molecule has 0 aliphatic heterocycles. The molecule has 0 atom stereocenters. The largest absolute Gasteiger partial charge is 0.504 e. The summed E-state index contributed by atoms with van der Waals surface area (Å²) in [5, 5.41) is 10.7. The molecule has 1 amide bonds. The molecule has 0 unspecified atom stereocenters. The maximum Gasteiger partial charge on any atom is 0.332 e. The highest BCUT2D eigenvalue weighted by Gasteiger charge is 2.23. The smallest absolute Gasteiger partial charge is 0.332 e. The zero-order valence-corrected chi connectivity index (χ0v) is 17.5. The number of nitrogens with zero attached hydrogens (tertiary/aromatic N) is 3. The third-order valence-electron chi connectivity index (χ3n) is 4.72. The van der Waals surface area contributed by atoms with Gasteiger partial charge in [0, 0.05) is 0 Å². The first-order valence-electron chi connectivity index (χ1n) is 9.96. The van der Waals surface area contributed by atoms with Crippen LogP contribution < -0.4 is 20.9 Å². The molecule has 4 N–H and O–H groups in total. The minimum absolute atomic E-state index is 0.00648. The number of benzene rings is 2. The fourth-order valence-corrected chi connectivity index (χ4v) is 3.40. The van der Waals surface area contributed by atoms with Gasteiger partial charge in [0.25, 0.3) is 5.91 Å². The Morgan fingerprint density at radius 1 is 1.06 bits per heavy atom. The number of phenolic OH excluding ortho intramolecular Hbond substituents is 1. The molecule has 0 spiro atoms. The molecule has 0 fully saturated rings. The van der Waals surface area contributed by atoms with Crippen LogP contribution in [-0.2, 0) is 0 Å². The van der Waals surface area contributed by atoms with E-state index in [9.17, 15) is 14.7 Å². The molecule has 10 nitrogen and oxygen atoms in total. The Kier molecular flexibility index (Phi) is 5.50. The average Bonchev–Trinajstić information content (AvgIpc) is 3.10. The molecule has 0 saturated heterocycles. The molecule has 0 radical (unpaired) electrons. The molecule has 0 saturated carbocycles. The van der Waals surface area contributed by atoms with Gasteiger partial charge in [-0.05, 0) is 38.1 Å². The van der Waals surface area contributed by atoms with E-state index in [1.54, 1.807) is 49.4 Å². The average molecular weight is 435 g/mol. The maximum atomic E-state index is 12.9. The van der Waals surface area contributed by atoms with Crippen molar-refractivity contribution >= 4 is 17.1 Å². The predicted molar refractivity (Wildman–Crippen MR) is 117 cm³/mol. The summed E-state index contributed by atoms with van der Waals surface area (Å²) < 4.78 is 12.4. The Hall–Kier alpha value is -4.34. The molecule has 2 aromatic carbocycles. The number of nitrogens with two attached hydrogens (primary N) is 1. The van der Waals surface area contributed by atoms with Gasteiger partial charge in [-0.3, -0.25) is 4.79 Å². The predicted octanol–water partition coefficient (Wildman–Crippen LogP) is 2.38. The van der Waals surface area contributed by atoms with Crippen molar-refractivity contribution < 1.29 is 19.4 Å². The number of carbonyl (C=O) groups excluding carboxylic acids is 1. The topological polar surface area (TPSA) is 145 Å². The van der Waals surface area contributed by atoms with Crippen LogP contribution >= 0.6 is 0 Å². The van der Waals surface area contributed by atoms with Crippen molar-refractivity contribution in [3.8, 4) is 34.3 Å². The molecule has 0 bridgehead atoms. The lowest BCUT2D eigenvalue weighted by Gasteiger charge is -2.12. The number of amides is 1. The first-order chi connectivity index (χ1) is 15.5. The molecule has 10 heteroatoms. The number of carbonyl (C=O) groups is 1. The molecule has 0 aliphatic rings. The molecular formula is C22H21N5O5. The van der Waals surface area contributed by atoms with Crippen molar-refractivity contribution in [1.82, 2.24) is 19.5 Å². The van der Waals surface area contributed by atoms with Crippen LogP contribution in [-0.4, -0.2) is 43.7 Å². The minimum Gasteiger partial charge on any atom is -0.504 e. The Morgan fingerprint density at radius 2 is 1.75 bits per heavy atom. The van der Waals surface area contributed by atoms with Crippen LogP contribution in [0.5, 0.6) is 17.2 Å². The van der Waals surface area contributed by atoms with E-state index in [0.29, 0.717) is 24.7 Å². The number of ether oxygens (including phenoxy) is 2. The van der Waals surface area contributed by atoms with Crippen LogP contribution in [0.1, 0.15) is 24.3 Å². The van der Waals surface area contributed by atoms with Gasteiger partial charge in [0.1, 0.15) is 11.3 Å². The summed E-state index contributed by atoms with van der Waals surface area (Å²) in [6.45, 7) is 4.34. The minimum atomic E-state index is -0.856. The summed E-state index contributed by atoms with van der Waals surface area (Å²) in [6.07, 6.45) is 0. The number of H-pyrrole nitrogens is 1. The van der Waals surface area contributed by atoms with E-state index in [1.807, 2.05) is 6.92 Å². The van der Waals surface area contributed by atoms with Crippen LogP contribution in [0.3, 0.4) is 0 Å². The van der Waals surface area contributed by atoms with Crippen molar-refractivity contribution in [3.05, 3.63) is 58.6 Å². The van der Waals surface area contributed by atoms with E-state index in [4.69, 9.17) is 15.2 Å². The van der Waals surface area contributed by atoms with Gasteiger partial charge in [-0.25, -0.2) is 19.3 Å². The molecule has 0 aliphatic carbocycles. The second-order valence-electron chi connectivity index (χ2n) is 6.71. The standard InChI is InChI=1S/C22H21N5O5/c1-3-31-14-10-6-5-9-13(14)27-21-17(25-22(27)30)16(19(23)29)24-20(26-21)12-8-7-11-15(18(12)28)32-4-2/h5-11,28H,3-4H2,1-2H3,(H2,23,29)(H,25,30). The second kappa shape index (κ2) is 8.42. The van der Waals surface area contributed by atoms with E-state index in [2.05, 4.69) is 15.0 Å². The van der Waals surface area contributed by atoms with Gasteiger partial charge in [0.05, 0.1) is 24.5 Å². The molecule has 2 aromatic heterocycles. The van der Waals surface area contributed by atoms with Crippen molar-refractivity contribution in [2.45, 2.75) is 13.8 Å². The first-order valence-corrected chi connectivity index (χ1v) is 9.96. The molecular weight excluding hydrogens is 414 g/mol. The zero-order chi connectivity index (χ0) is 22.8. The Morgan fingerprint density at radius 3 is 2.47 bits per heavy atom. The van der Waals surface area contributed by atoms with Crippen molar-refractivity contribution in [3.63, 3.8) is 0 Å². The van der Waals surface area contributed by atoms with E-state index >= 15 is 0 Å². The van der Waals surface area contributed by atoms with Crippen LogP contribution in [0.25, 0.3) is 28.2 Å². The summed E-state index contributed by atoms with van der Waals surface area (Å²) >= 11 is 0. The summed E-state index contributed by atoms with van der Waals surface area (Å²) in [6, 6.07) is 11.8. The third-order valence-corrected chi connectivity index (χ3v) is 4.72. The van der Waals surface area contributed by atoms with Crippen LogP contribution in [0.2, 0.25) is 0 Å². The highest BCUT2D eigenvalue weighted by atomic mass is 16.5. The van der Waals surface area contributed by atoms with Gasteiger partial charge >= 0.3 is 5.69 Å². The zero-order valence-electron chi connectivity index (χ0n) is 17.5. The van der Waals surface area contributed by atoms with Crippen LogP contribution in [0.15, 0.2) is 47.3 Å². The Bertz CT molecular complexity index is 1380. The lowest BCUT2D eigenvalue weighted by Crippen LogP contribution is -2.16. The number of primary amides is 1. The number of imidazole rings is 1. The number of nitrogens with one attached hydrogen (secondary N) is 1. The van der Waals surface area contributed by atoms with Crippen molar-refractivity contribution in [2.24, 2.45) is 5.73 Å². The van der Waals surface area contributed by atoms with Gasteiger partial charge < -0.3 is 25.3 Å². The molecule has 2 heterocycles. The van der Waals surface area contributed by atoms with E-state index in [-0.39, 0.29) is 39.7 Å². The number of aromatic amines is 1. The van der Waals surface area contributed by atoms with Crippen molar-refractivity contribution in [2.75, 3.05) is 13.2 Å². The third kappa shape index (κ3) is 3.51. The highest BCUT2D eigenvalue weighted by molar-refractivity contribution is 6.02. The van der Waals surface area contributed by atoms with Gasteiger partial charge in [-0.15, -0.1) is 0 Å². The van der Waals surface area contributed by atoms with Crippen LogP contribution in [0.4, 0.5) is 0 Å². The summed E-state index contributed by atoms with van der Waals surface area (Å²) in [5.74, 6) is -0.344. The number of fused-ring (bicyclic) bond motifs is 1. The summed E-state index contributed by atoms with van der Waals surface area (Å²) in [4.78, 5) is 36.4. The van der Waals surface area contributed by atoms with Gasteiger partial charge in [-0.2, -0.15) is 0 Å². The van der Waals surface area contributed by atoms with E-state index in [0.717, 1.165) is 0 Å². The fraction of sp³-hybridized carbons (Fsp3) is 0.182. The lowest BCUT2D eigenvalue weighted by atomic mass is 10.1. The Balaban J connectivity index is 2.04. The number of hydrogen-bond donors (Lipinski definition) is 3. The SMILES string of the molecule is CCOc1ccccc1-n1c(=O)[nH]c2c(C(N)=O)nc(-c3cccc(OCC)c3O)nc21. The second-order valence-corrected chi connectivity index (χ2v) is 6.71. The van der Waals surface area contributed by atoms with E-state index < -0.39 is 11.6 Å². The van der Waals surface area contributed by atoms with Gasteiger partial charge in [0.15, 0.2) is 28.7 Å². The number of para-hydroxylation sites is 3. The fourth-order valence-electron chi connectivity index (χ4n) is 3.40. The van der Waals surface area contributed by atoms with E-state index in [1.165, 1.54) is 4.57 Å². The highest BCUT2D eigenvalue weighted by Crippen LogP contribution is 2.36. The Labute approximate surface area is 182 Å². The number of aromatic hydroxyl groups is 1. The first kappa shape index (κ1) is 20.9. The quantitative estimate of drug-likeness (QED) is 0.404. The molecule has 164 valence electrons. The molecule has 32 heavy (non-hydrogen) atoms. The molecule has 4 rings (SSSR count). The summed E-state index contributed by atoms with van der Waals surface area (Å²) in [7, 11) is 0. The lowest BCUT2D eigenvalue weighted by molar-refractivity contribution is 0.0997. The maximum absolute atomic E-state index is 12.9. The number of hydrogen-bond acceptors (Lipinski definition) is 7. The van der Waals surface area contributed by atoms with Gasteiger partial charge in [-0.1, -0.05) is 18.2 Å². The summed E-state index contributed by atoms with van der Waals surface area (Å²) in [5.41, 5.74) is 5.66. The monoisotopic (exact) mass is 435 g/mol. The normalized spacial score (nSPS) is 10.9. The number of rotatable bonds is 7. The van der Waals surface area contributed by atoms with Crippen molar-refractivity contribution in [1.29, 1.82) is 0 Å². The number of phenols is 1. The number of aromatic nitrogens is 4. The van der Waals surface area contributed by atoms with Crippen LogP contribution in [0, 0.1) is 0 Å². The molecule has 4 aromatic rings. The van der Waals surface area contributed by atoms with Gasteiger partial charge in [0.2, 0.25) is 0 Å².